The van der Waals surface area contributed by atoms with Gasteiger partial charge in [-0.3, -0.25) is 0 Å². The summed E-state index contributed by atoms with van der Waals surface area (Å²) in [7, 11) is 0. The van der Waals surface area contributed by atoms with Crippen LogP contribution in [0.1, 0.15) is 0 Å². The normalized spacial score (nSPS) is 10.3. The van der Waals surface area contributed by atoms with Crippen LogP contribution in [0.5, 0.6) is 5.75 Å². The molecule has 0 aliphatic carbocycles. The van der Waals surface area contributed by atoms with E-state index in [4.69, 9.17) is 10.5 Å². The lowest BCUT2D eigenvalue weighted by Gasteiger charge is -2.09. The van der Waals surface area contributed by atoms with Crippen LogP contribution in [0.2, 0.25) is 0 Å². The van der Waals surface area contributed by atoms with Crippen LogP contribution in [0.25, 0.3) is 11.3 Å². The summed E-state index contributed by atoms with van der Waals surface area (Å²) in [6.07, 6.45) is 0. The molecule has 0 amide bonds. The molecule has 3 rings (SSSR count). The Hall–Kier alpha value is -3.08. The Kier molecular flexibility index (Phi) is 4.69. The molecule has 0 aliphatic heterocycles. The minimum Gasteiger partial charge on any atom is -0.492 e. The van der Waals surface area contributed by atoms with Crippen molar-refractivity contribution in [2.45, 2.75) is 0 Å². The van der Waals surface area contributed by atoms with E-state index in [2.05, 4.69) is 15.3 Å². The summed E-state index contributed by atoms with van der Waals surface area (Å²) in [5.41, 5.74) is 7.60. The van der Waals surface area contributed by atoms with E-state index < -0.39 is 0 Å². The van der Waals surface area contributed by atoms with Crippen molar-refractivity contribution in [2.24, 2.45) is 0 Å². The fourth-order valence-corrected chi connectivity index (χ4v) is 2.18. The molecule has 1 aromatic heterocycles. The average molecular weight is 306 g/mol. The zero-order valence-electron chi connectivity index (χ0n) is 12.6. The molecule has 3 aromatic rings. The Morgan fingerprint density at radius 1 is 0.913 bits per heavy atom. The maximum absolute atomic E-state index is 5.80. The maximum atomic E-state index is 5.80. The van der Waals surface area contributed by atoms with Gasteiger partial charge in [-0.2, -0.15) is 4.98 Å². The molecule has 5 nitrogen and oxygen atoms in total. The van der Waals surface area contributed by atoms with E-state index in [1.54, 1.807) is 0 Å². The Balaban J connectivity index is 1.61. The summed E-state index contributed by atoms with van der Waals surface area (Å²) in [6.45, 7) is 1.16. The molecule has 0 radical (unpaired) electrons. The first-order valence-corrected chi connectivity index (χ1v) is 7.43. The average Bonchev–Trinajstić information content (AvgIpc) is 2.60. The van der Waals surface area contributed by atoms with Crippen molar-refractivity contribution in [3.05, 3.63) is 66.7 Å². The molecule has 5 heteroatoms. The van der Waals surface area contributed by atoms with E-state index >= 15 is 0 Å². The monoisotopic (exact) mass is 306 g/mol. The molecule has 0 saturated heterocycles. The first-order valence-electron chi connectivity index (χ1n) is 7.43. The van der Waals surface area contributed by atoms with Crippen LogP contribution >= 0.6 is 0 Å². The molecule has 0 saturated carbocycles. The standard InChI is InChI=1S/C18H18N4O/c19-18-21-16(14-7-3-1-4-8-14)13-17(22-18)20-11-12-23-15-9-5-2-6-10-15/h1-10,13H,11-12H2,(H3,19,20,21,22). The predicted octanol–water partition coefficient (Wildman–Crippen LogP) is 3.22. The summed E-state index contributed by atoms with van der Waals surface area (Å²) >= 11 is 0. The molecule has 0 spiro atoms. The molecule has 3 N–H and O–H groups in total. The van der Waals surface area contributed by atoms with Crippen molar-refractivity contribution in [1.82, 2.24) is 9.97 Å². The van der Waals surface area contributed by atoms with Gasteiger partial charge in [0.2, 0.25) is 5.95 Å². The van der Waals surface area contributed by atoms with Crippen LogP contribution < -0.4 is 15.8 Å². The van der Waals surface area contributed by atoms with Crippen molar-refractivity contribution >= 4 is 11.8 Å². The minimum atomic E-state index is 0.248. The van der Waals surface area contributed by atoms with Gasteiger partial charge in [-0.1, -0.05) is 48.5 Å². The topological polar surface area (TPSA) is 73.1 Å². The highest BCUT2D eigenvalue weighted by atomic mass is 16.5. The Labute approximate surface area is 135 Å². The highest BCUT2D eigenvalue weighted by molar-refractivity contribution is 5.63. The van der Waals surface area contributed by atoms with Crippen LogP contribution in [0, 0.1) is 0 Å². The number of ether oxygens (including phenoxy) is 1. The van der Waals surface area contributed by atoms with Crippen LogP contribution in [-0.2, 0) is 0 Å². The highest BCUT2D eigenvalue weighted by Crippen LogP contribution is 2.20. The molecule has 0 bridgehead atoms. The van der Waals surface area contributed by atoms with E-state index in [0.717, 1.165) is 17.0 Å². The lowest BCUT2D eigenvalue weighted by molar-refractivity contribution is 0.333. The number of aromatic nitrogens is 2. The molecule has 1 heterocycles. The number of nitrogen functional groups attached to an aromatic ring is 1. The number of benzene rings is 2. The van der Waals surface area contributed by atoms with Gasteiger partial charge < -0.3 is 15.8 Å². The molecule has 116 valence electrons. The van der Waals surface area contributed by atoms with Gasteiger partial charge in [0.05, 0.1) is 12.2 Å². The van der Waals surface area contributed by atoms with Crippen molar-refractivity contribution in [3.8, 4) is 17.0 Å². The van der Waals surface area contributed by atoms with Crippen LogP contribution in [0.4, 0.5) is 11.8 Å². The van der Waals surface area contributed by atoms with Gasteiger partial charge in [-0.25, -0.2) is 4.98 Å². The molecule has 0 fully saturated rings. The van der Waals surface area contributed by atoms with Crippen molar-refractivity contribution < 1.29 is 4.74 Å². The first-order chi connectivity index (χ1) is 11.3. The second kappa shape index (κ2) is 7.26. The van der Waals surface area contributed by atoms with Crippen molar-refractivity contribution in [1.29, 1.82) is 0 Å². The summed E-state index contributed by atoms with van der Waals surface area (Å²) < 4.78 is 5.64. The van der Waals surface area contributed by atoms with Crippen molar-refractivity contribution in [3.63, 3.8) is 0 Å². The SMILES string of the molecule is Nc1nc(NCCOc2ccccc2)cc(-c2ccccc2)n1. The van der Waals surface area contributed by atoms with Gasteiger partial charge in [-0.05, 0) is 12.1 Å². The number of hydrogen-bond donors (Lipinski definition) is 2. The van der Waals surface area contributed by atoms with Gasteiger partial charge in [0.15, 0.2) is 0 Å². The lowest BCUT2D eigenvalue weighted by Crippen LogP contribution is -2.13. The highest BCUT2D eigenvalue weighted by Gasteiger charge is 2.04. The Morgan fingerprint density at radius 2 is 1.61 bits per heavy atom. The summed E-state index contributed by atoms with van der Waals surface area (Å²) in [5.74, 6) is 1.78. The van der Waals surface area contributed by atoms with Gasteiger partial charge in [0, 0.05) is 11.6 Å². The number of nitrogens with zero attached hydrogens (tertiary/aromatic N) is 2. The van der Waals surface area contributed by atoms with Gasteiger partial charge in [0.25, 0.3) is 0 Å². The fraction of sp³-hybridized carbons (Fsp3) is 0.111. The second-order valence-corrected chi connectivity index (χ2v) is 4.95. The quantitative estimate of drug-likeness (QED) is 0.684. The second-order valence-electron chi connectivity index (χ2n) is 4.95. The van der Waals surface area contributed by atoms with Crippen LogP contribution in [0.3, 0.4) is 0 Å². The third-order valence-corrected chi connectivity index (χ3v) is 3.23. The molecular formula is C18H18N4O. The number of anilines is 2. The molecule has 2 aromatic carbocycles. The van der Waals surface area contributed by atoms with E-state index in [1.165, 1.54) is 0 Å². The Morgan fingerprint density at radius 3 is 2.35 bits per heavy atom. The third-order valence-electron chi connectivity index (χ3n) is 3.23. The lowest BCUT2D eigenvalue weighted by atomic mass is 10.1. The van der Waals surface area contributed by atoms with Crippen molar-refractivity contribution in [2.75, 3.05) is 24.2 Å². The minimum absolute atomic E-state index is 0.248. The molecule has 0 aliphatic rings. The van der Waals surface area contributed by atoms with E-state index in [0.29, 0.717) is 19.0 Å². The van der Waals surface area contributed by atoms with Gasteiger partial charge >= 0.3 is 0 Å². The molecule has 23 heavy (non-hydrogen) atoms. The summed E-state index contributed by atoms with van der Waals surface area (Å²) in [4.78, 5) is 8.48. The predicted molar refractivity (Wildman–Crippen MR) is 92.3 cm³/mol. The number of nitrogens with two attached hydrogens (primary N) is 1. The van der Waals surface area contributed by atoms with Crippen LogP contribution in [-0.4, -0.2) is 23.1 Å². The number of rotatable bonds is 6. The Bertz CT molecular complexity index is 747. The smallest absolute Gasteiger partial charge is 0.222 e. The zero-order valence-corrected chi connectivity index (χ0v) is 12.6. The van der Waals surface area contributed by atoms with Gasteiger partial charge in [0.1, 0.15) is 18.2 Å². The van der Waals surface area contributed by atoms with E-state index in [9.17, 15) is 0 Å². The summed E-state index contributed by atoms with van der Waals surface area (Å²) in [6, 6.07) is 21.5. The number of para-hydroxylation sites is 1. The third kappa shape index (κ3) is 4.20. The van der Waals surface area contributed by atoms with E-state index in [-0.39, 0.29) is 5.95 Å². The fourth-order valence-electron chi connectivity index (χ4n) is 2.18. The number of hydrogen-bond acceptors (Lipinski definition) is 5. The maximum Gasteiger partial charge on any atom is 0.222 e. The summed E-state index contributed by atoms with van der Waals surface area (Å²) in [5, 5.41) is 3.21. The van der Waals surface area contributed by atoms with Crippen LogP contribution in [0.15, 0.2) is 66.7 Å². The molecular weight excluding hydrogens is 288 g/mol. The first kappa shape index (κ1) is 14.8. The zero-order chi connectivity index (χ0) is 15.9. The molecule has 0 unspecified atom stereocenters. The van der Waals surface area contributed by atoms with Gasteiger partial charge in [-0.15, -0.1) is 0 Å². The van der Waals surface area contributed by atoms with E-state index in [1.807, 2.05) is 66.7 Å². The largest absolute Gasteiger partial charge is 0.492 e. The number of nitrogens with one attached hydrogen (secondary N) is 1. The molecule has 0 atom stereocenters.